The van der Waals surface area contributed by atoms with Crippen LogP contribution in [0, 0.1) is 0 Å². The topological polar surface area (TPSA) is 26.3 Å². The molecule has 0 spiro atoms. The highest BCUT2D eigenvalue weighted by Gasteiger charge is 2.23. The molecule has 2 nitrogen and oxygen atoms in total. The van der Waals surface area contributed by atoms with Gasteiger partial charge in [-0.1, -0.05) is 54.1 Å². The van der Waals surface area contributed by atoms with Gasteiger partial charge >= 0.3 is 5.97 Å². The van der Waals surface area contributed by atoms with Gasteiger partial charge in [0.1, 0.15) is 5.25 Å². The second-order valence-corrected chi connectivity index (χ2v) is 5.65. The van der Waals surface area contributed by atoms with Crippen LogP contribution in [0.5, 0.6) is 0 Å². The van der Waals surface area contributed by atoms with Gasteiger partial charge in [0.25, 0.3) is 0 Å². The molecule has 0 aliphatic carbocycles. The number of esters is 1. The molecule has 104 valence electrons. The molecular weight excluding hydrogens is 292 g/mol. The monoisotopic (exact) mass is 306 g/mol. The van der Waals surface area contributed by atoms with Crippen molar-refractivity contribution in [3.8, 4) is 0 Å². The quantitative estimate of drug-likeness (QED) is 0.590. The SMILES string of the molecule is CCOC(=O)C(Sc1ccccc1Cl)c1ccccc1. The molecule has 0 aliphatic rings. The van der Waals surface area contributed by atoms with Gasteiger partial charge < -0.3 is 4.74 Å². The standard InChI is InChI=1S/C16H15ClO2S/c1-2-19-16(18)15(12-8-4-3-5-9-12)20-14-11-7-6-10-13(14)17/h3-11,15H,2H2,1H3. The Morgan fingerprint density at radius 3 is 2.45 bits per heavy atom. The van der Waals surface area contributed by atoms with E-state index in [1.54, 1.807) is 6.92 Å². The van der Waals surface area contributed by atoms with E-state index in [2.05, 4.69) is 0 Å². The fourth-order valence-corrected chi connectivity index (χ4v) is 3.08. The summed E-state index contributed by atoms with van der Waals surface area (Å²) in [5.74, 6) is -0.247. The second kappa shape index (κ2) is 7.36. The number of halogens is 1. The summed E-state index contributed by atoms with van der Waals surface area (Å²) >= 11 is 7.57. The Morgan fingerprint density at radius 1 is 1.15 bits per heavy atom. The Hall–Kier alpha value is -1.45. The molecule has 4 heteroatoms. The molecule has 0 aliphatic heterocycles. The van der Waals surface area contributed by atoms with Crippen molar-refractivity contribution in [1.29, 1.82) is 0 Å². The van der Waals surface area contributed by atoms with Crippen molar-refractivity contribution in [3.05, 3.63) is 65.2 Å². The molecule has 0 radical (unpaired) electrons. The number of hydrogen-bond donors (Lipinski definition) is 0. The van der Waals surface area contributed by atoms with Crippen molar-refractivity contribution in [2.75, 3.05) is 6.61 Å². The summed E-state index contributed by atoms with van der Waals surface area (Å²) in [6.45, 7) is 2.17. The summed E-state index contributed by atoms with van der Waals surface area (Å²) in [7, 11) is 0. The van der Waals surface area contributed by atoms with E-state index in [0.29, 0.717) is 11.6 Å². The van der Waals surface area contributed by atoms with Gasteiger partial charge in [-0.2, -0.15) is 0 Å². The first-order chi connectivity index (χ1) is 9.72. The van der Waals surface area contributed by atoms with Gasteiger partial charge in [-0.05, 0) is 24.6 Å². The minimum absolute atomic E-state index is 0.247. The van der Waals surface area contributed by atoms with Crippen LogP contribution >= 0.6 is 23.4 Å². The van der Waals surface area contributed by atoms with Crippen LogP contribution in [0.3, 0.4) is 0 Å². The first kappa shape index (κ1) is 14.9. The Morgan fingerprint density at radius 2 is 1.80 bits per heavy atom. The average Bonchev–Trinajstić information content (AvgIpc) is 2.47. The molecule has 0 saturated heterocycles. The molecule has 0 amide bonds. The lowest BCUT2D eigenvalue weighted by Crippen LogP contribution is -2.13. The van der Waals surface area contributed by atoms with Gasteiger partial charge in [0, 0.05) is 4.90 Å². The normalized spacial score (nSPS) is 11.9. The number of benzene rings is 2. The van der Waals surface area contributed by atoms with Crippen LogP contribution in [0.1, 0.15) is 17.7 Å². The van der Waals surface area contributed by atoms with E-state index in [0.717, 1.165) is 10.5 Å². The summed E-state index contributed by atoms with van der Waals surface area (Å²) in [4.78, 5) is 13.0. The molecule has 0 bridgehead atoms. The summed E-state index contributed by atoms with van der Waals surface area (Å²) in [5.41, 5.74) is 0.913. The number of rotatable bonds is 5. The molecule has 0 fully saturated rings. The van der Waals surface area contributed by atoms with Crippen molar-refractivity contribution in [1.82, 2.24) is 0 Å². The molecule has 2 rings (SSSR count). The van der Waals surface area contributed by atoms with Gasteiger partial charge in [0.2, 0.25) is 0 Å². The fourth-order valence-electron chi connectivity index (χ4n) is 1.77. The van der Waals surface area contributed by atoms with Crippen molar-refractivity contribution in [2.45, 2.75) is 17.1 Å². The van der Waals surface area contributed by atoms with E-state index < -0.39 is 5.25 Å². The zero-order chi connectivity index (χ0) is 14.4. The molecule has 1 atom stereocenters. The fraction of sp³-hybridized carbons (Fsp3) is 0.188. The third kappa shape index (κ3) is 3.78. The summed E-state index contributed by atoms with van der Waals surface area (Å²) < 4.78 is 5.17. The van der Waals surface area contributed by atoms with Gasteiger partial charge in [-0.3, -0.25) is 4.79 Å². The van der Waals surface area contributed by atoms with Crippen molar-refractivity contribution < 1.29 is 9.53 Å². The number of carbonyl (C=O) groups excluding carboxylic acids is 1. The van der Waals surface area contributed by atoms with Crippen LogP contribution in [0.15, 0.2) is 59.5 Å². The maximum absolute atomic E-state index is 12.2. The summed E-state index contributed by atoms with van der Waals surface area (Å²) in [5, 5.41) is 0.235. The zero-order valence-electron chi connectivity index (χ0n) is 11.1. The highest BCUT2D eigenvalue weighted by molar-refractivity contribution is 8.00. The van der Waals surface area contributed by atoms with Crippen molar-refractivity contribution in [2.24, 2.45) is 0 Å². The van der Waals surface area contributed by atoms with E-state index in [-0.39, 0.29) is 5.97 Å². The maximum atomic E-state index is 12.2. The van der Waals surface area contributed by atoms with Gasteiger partial charge in [0.05, 0.1) is 11.6 Å². The average molecular weight is 307 g/mol. The maximum Gasteiger partial charge on any atom is 0.323 e. The van der Waals surface area contributed by atoms with E-state index in [9.17, 15) is 4.79 Å². The number of ether oxygens (including phenoxy) is 1. The minimum atomic E-state index is -0.406. The van der Waals surface area contributed by atoms with Crippen LogP contribution in [-0.4, -0.2) is 12.6 Å². The molecule has 0 heterocycles. The largest absolute Gasteiger partial charge is 0.465 e. The Balaban J connectivity index is 2.28. The Bertz CT molecular complexity index is 572. The van der Waals surface area contributed by atoms with Crippen LogP contribution in [0.4, 0.5) is 0 Å². The predicted octanol–water partition coefficient (Wildman–Crippen LogP) is 4.74. The minimum Gasteiger partial charge on any atom is -0.465 e. The first-order valence-electron chi connectivity index (χ1n) is 6.35. The summed E-state index contributed by atoms with van der Waals surface area (Å²) in [6.07, 6.45) is 0. The van der Waals surface area contributed by atoms with Gasteiger partial charge in [0.15, 0.2) is 0 Å². The van der Waals surface area contributed by atoms with Crippen LogP contribution < -0.4 is 0 Å². The Labute approximate surface area is 128 Å². The molecule has 2 aromatic carbocycles. The first-order valence-corrected chi connectivity index (χ1v) is 7.61. The second-order valence-electron chi connectivity index (χ2n) is 4.09. The van der Waals surface area contributed by atoms with E-state index in [1.807, 2.05) is 54.6 Å². The van der Waals surface area contributed by atoms with Gasteiger partial charge in [-0.15, -0.1) is 11.8 Å². The smallest absolute Gasteiger partial charge is 0.323 e. The third-order valence-electron chi connectivity index (χ3n) is 2.68. The van der Waals surface area contributed by atoms with Gasteiger partial charge in [-0.25, -0.2) is 0 Å². The number of thioether (sulfide) groups is 1. The van der Waals surface area contributed by atoms with E-state index in [1.165, 1.54) is 11.8 Å². The molecular formula is C16H15ClO2S. The van der Waals surface area contributed by atoms with Crippen LogP contribution in [-0.2, 0) is 9.53 Å². The number of carbonyl (C=O) groups is 1. The molecule has 0 N–H and O–H groups in total. The zero-order valence-corrected chi connectivity index (χ0v) is 12.7. The summed E-state index contributed by atoms with van der Waals surface area (Å²) in [6, 6.07) is 17.1. The lowest BCUT2D eigenvalue weighted by atomic mass is 10.1. The molecule has 20 heavy (non-hydrogen) atoms. The molecule has 2 aromatic rings. The lowest BCUT2D eigenvalue weighted by Gasteiger charge is -2.16. The highest BCUT2D eigenvalue weighted by Crippen LogP contribution is 2.39. The Kier molecular flexibility index (Phi) is 5.50. The molecule has 1 unspecified atom stereocenters. The highest BCUT2D eigenvalue weighted by atomic mass is 35.5. The van der Waals surface area contributed by atoms with Crippen LogP contribution in [0.2, 0.25) is 5.02 Å². The predicted molar refractivity (Wildman–Crippen MR) is 83.1 cm³/mol. The molecule has 0 saturated carbocycles. The third-order valence-corrected chi connectivity index (χ3v) is 4.44. The number of hydrogen-bond acceptors (Lipinski definition) is 3. The van der Waals surface area contributed by atoms with E-state index in [4.69, 9.17) is 16.3 Å². The van der Waals surface area contributed by atoms with Crippen molar-refractivity contribution in [3.63, 3.8) is 0 Å². The molecule has 0 aromatic heterocycles. The lowest BCUT2D eigenvalue weighted by molar-refractivity contribution is -0.142. The van der Waals surface area contributed by atoms with Crippen molar-refractivity contribution >= 4 is 29.3 Å². The van der Waals surface area contributed by atoms with E-state index >= 15 is 0 Å². The van der Waals surface area contributed by atoms with Crippen LogP contribution in [0.25, 0.3) is 0 Å².